The summed E-state index contributed by atoms with van der Waals surface area (Å²) in [7, 11) is -3.89. The van der Waals surface area contributed by atoms with Gasteiger partial charge in [0.1, 0.15) is 12.4 Å². The van der Waals surface area contributed by atoms with E-state index in [0.717, 1.165) is 12.2 Å². The van der Waals surface area contributed by atoms with Gasteiger partial charge in [0.2, 0.25) is 0 Å². The fourth-order valence-electron chi connectivity index (χ4n) is 2.70. The second-order valence-corrected chi connectivity index (χ2v) is 8.19. The van der Waals surface area contributed by atoms with Gasteiger partial charge in [-0.05, 0) is 37.0 Å². The van der Waals surface area contributed by atoms with E-state index < -0.39 is 10.1 Å². The molecule has 0 fully saturated rings. The van der Waals surface area contributed by atoms with Gasteiger partial charge in [0.05, 0.1) is 12.4 Å². The van der Waals surface area contributed by atoms with E-state index in [1.807, 2.05) is 12.1 Å². The van der Waals surface area contributed by atoms with Gasteiger partial charge in [-0.1, -0.05) is 57.6 Å². The molecule has 0 bridgehead atoms. The normalized spacial score (nSPS) is 11.2. The number of aryl methyl sites for hydroxylation is 1. The van der Waals surface area contributed by atoms with Gasteiger partial charge in [-0.15, -0.1) is 0 Å². The first kappa shape index (κ1) is 27.5. The number of hydrogen-bond acceptors (Lipinski definition) is 4. The molecule has 1 N–H and O–H groups in total. The van der Waals surface area contributed by atoms with Crippen LogP contribution in [0.15, 0.2) is 24.3 Å². The molecular weight excluding hydrogens is 391 g/mol. The van der Waals surface area contributed by atoms with Crippen LogP contribution in [0.5, 0.6) is 5.75 Å². The Bertz CT molecular complexity index is 560. The molecule has 1 aromatic rings. The van der Waals surface area contributed by atoms with Crippen LogP contribution in [0.2, 0.25) is 0 Å². The molecule has 27 heavy (non-hydrogen) atoms. The molecule has 0 heterocycles. The third-order valence-electron chi connectivity index (χ3n) is 4.18. The second-order valence-electron chi connectivity index (χ2n) is 6.62. The number of rotatable bonds is 16. The van der Waals surface area contributed by atoms with Crippen molar-refractivity contribution in [3.8, 4) is 5.75 Å². The van der Waals surface area contributed by atoms with E-state index in [1.165, 1.54) is 50.5 Å². The molecule has 0 spiro atoms. The van der Waals surface area contributed by atoms with Gasteiger partial charge >= 0.3 is 0 Å². The molecule has 0 saturated carbocycles. The van der Waals surface area contributed by atoms with Gasteiger partial charge in [-0.25, -0.2) is 0 Å². The molecule has 0 amide bonds. The van der Waals surface area contributed by atoms with Crippen LogP contribution in [-0.2, 0) is 21.3 Å². The third-order valence-corrected chi connectivity index (χ3v) is 4.98. The number of unbranched alkanes of at least 4 members (excludes halogenated alkanes) is 6. The minimum absolute atomic E-state index is 0. The average Bonchev–Trinajstić information content (AvgIpc) is 2.60. The van der Waals surface area contributed by atoms with Crippen molar-refractivity contribution in [3.05, 3.63) is 29.8 Å². The Hall–Kier alpha value is 0.526. The third kappa shape index (κ3) is 17.1. The van der Waals surface area contributed by atoms with Crippen molar-refractivity contribution >= 4 is 61.5 Å². The zero-order valence-electron chi connectivity index (χ0n) is 17.0. The Morgan fingerprint density at radius 1 is 0.852 bits per heavy atom. The van der Waals surface area contributed by atoms with Crippen LogP contribution in [-0.4, -0.2) is 89.9 Å². The van der Waals surface area contributed by atoms with E-state index in [4.69, 9.17) is 14.0 Å². The van der Waals surface area contributed by atoms with E-state index in [1.54, 1.807) is 0 Å². The zero-order chi connectivity index (χ0) is 19.1. The molecule has 0 aliphatic heterocycles. The van der Waals surface area contributed by atoms with E-state index in [2.05, 4.69) is 19.1 Å². The van der Waals surface area contributed by atoms with Crippen molar-refractivity contribution in [1.82, 2.24) is 0 Å². The Morgan fingerprint density at radius 3 is 2.11 bits per heavy atom. The van der Waals surface area contributed by atoms with E-state index in [9.17, 15) is 8.42 Å². The quantitative estimate of drug-likeness (QED) is 0.243. The van der Waals surface area contributed by atoms with Gasteiger partial charge < -0.3 is 9.47 Å². The molecule has 151 valence electrons. The van der Waals surface area contributed by atoms with Crippen molar-refractivity contribution < 1.29 is 22.4 Å². The predicted octanol–water partition coefficient (Wildman–Crippen LogP) is 4.27. The Morgan fingerprint density at radius 2 is 1.48 bits per heavy atom. The van der Waals surface area contributed by atoms with Gasteiger partial charge in [-0.2, -0.15) is 8.42 Å². The zero-order valence-corrected chi connectivity index (χ0v) is 20.9. The van der Waals surface area contributed by atoms with Crippen molar-refractivity contribution in [3.63, 3.8) is 0 Å². The van der Waals surface area contributed by atoms with E-state index in [0.29, 0.717) is 19.8 Å². The molecule has 0 aliphatic rings. The Balaban J connectivity index is 0.00000676. The van der Waals surface area contributed by atoms with Gasteiger partial charge in [0.15, 0.2) is 0 Å². The number of hydrogen-bond donors (Lipinski definition) is 1. The van der Waals surface area contributed by atoms with Crippen molar-refractivity contribution in [2.45, 2.75) is 64.7 Å². The van der Waals surface area contributed by atoms with Crippen LogP contribution in [0.25, 0.3) is 0 Å². The maximum Gasteiger partial charge on any atom is 0.264 e. The second kappa shape index (κ2) is 17.4. The molecule has 1 rings (SSSR count). The minimum Gasteiger partial charge on any atom is -0.491 e. The van der Waals surface area contributed by atoms with Crippen LogP contribution in [0.1, 0.15) is 63.9 Å². The fraction of sp³-hybridized carbons (Fsp3) is 0.700. The Kier molecular flexibility index (Phi) is 17.7. The van der Waals surface area contributed by atoms with Crippen molar-refractivity contribution in [1.29, 1.82) is 0 Å². The molecular formula is C20H34KO5S. The van der Waals surface area contributed by atoms with E-state index >= 15 is 0 Å². The number of ether oxygens (including phenoxy) is 2. The molecule has 0 aliphatic carbocycles. The summed E-state index contributed by atoms with van der Waals surface area (Å²) in [6.07, 6.45) is 10.7. The molecule has 1 aromatic carbocycles. The van der Waals surface area contributed by atoms with Gasteiger partial charge in [0.25, 0.3) is 10.1 Å². The summed E-state index contributed by atoms with van der Waals surface area (Å²) in [5.41, 5.74) is 1.34. The first-order chi connectivity index (χ1) is 12.5. The van der Waals surface area contributed by atoms with Crippen LogP contribution in [0.3, 0.4) is 0 Å². The Labute approximate surface area is 207 Å². The maximum atomic E-state index is 10.5. The summed E-state index contributed by atoms with van der Waals surface area (Å²) in [6.45, 7) is 3.35. The van der Waals surface area contributed by atoms with Crippen molar-refractivity contribution in [2.24, 2.45) is 0 Å². The molecule has 0 unspecified atom stereocenters. The summed E-state index contributed by atoms with van der Waals surface area (Å²) in [6, 6.07) is 8.18. The van der Waals surface area contributed by atoms with Crippen LogP contribution in [0, 0.1) is 0 Å². The van der Waals surface area contributed by atoms with Crippen molar-refractivity contribution in [2.75, 3.05) is 25.6 Å². The fourth-order valence-corrected chi connectivity index (χ4v) is 3.19. The van der Waals surface area contributed by atoms with Crippen LogP contribution in [0.4, 0.5) is 0 Å². The first-order valence-corrected chi connectivity index (χ1v) is 11.4. The summed E-state index contributed by atoms with van der Waals surface area (Å²) >= 11 is 0. The maximum absolute atomic E-state index is 10.5. The van der Waals surface area contributed by atoms with Crippen LogP contribution < -0.4 is 4.74 Å². The van der Waals surface area contributed by atoms with Gasteiger partial charge in [-0.3, -0.25) is 4.55 Å². The summed E-state index contributed by atoms with van der Waals surface area (Å²) in [4.78, 5) is 0. The first-order valence-electron chi connectivity index (χ1n) is 9.76. The average molecular weight is 426 g/mol. The minimum atomic E-state index is -3.89. The molecule has 0 atom stereocenters. The SMILES string of the molecule is CCCCCCCCCc1ccc(OCCOCCCS(=O)(=O)O)cc1.[K]. The standard InChI is InChI=1S/C20H34O5S.K/c1-2-3-4-5-6-7-8-10-19-11-13-20(14-12-19)25-17-16-24-15-9-18-26(21,22)23;/h11-14H,2-10,15-18H2,1H3,(H,21,22,23);. The molecule has 0 aromatic heterocycles. The van der Waals surface area contributed by atoms with E-state index in [-0.39, 0.29) is 63.6 Å². The summed E-state index contributed by atoms with van der Waals surface area (Å²) in [5.74, 6) is 0.545. The summed E-state index contributed by atoms with van der Waals surface area (Å²) in [5, 5.41) is 0. The largest absolute Gasteiger partial charge is 0.491 e. The number of benzene rings is 1. The summed E-state index contributed by atoms with van der Waals surface area (Å²) < 4.78 is 40.6. The predicted molar refractivity (Wildman–Crippen MR) is 111 cm³/mol. The molecule has 1 radical (unpaired) electrons. The topological polar surface area (TPSA) is 72.8 Å². The van der Waals surface area contributed by atoms with Gasteiger partial charge in [0, 0.05) is 58.0 Å². The molecule has 5 nitrogen and oxygen atoms in total. The smallest absolute Gasteiger partial charge is 0.264 e. The van der Waals surface area contributed by atoms with Crippen LogP contribution >= 0.6 is 0 Å². The monoisotopic (exact) mass is 425 g/mol. The molecule has 0 saturated heterocycles. The molecule has 7 heteroatoms.